The Morgan fingerprint density at radius 3 is 2.36 bits per heavy atom. The quantitative estimate of drug-likeness (QED) is 0.599. The monoisotopic (exact) mass is 317 g/mol. The Bertz CT molecular complexity index is 563. The van der Waals surface area contributed by atoms with Gasteiger partial charge in [-0.15, -0.1) is 0 Å². The molecule has 0 radical (unpaired) electrons. The first kappa shape index (κ1) is 16.5. The molecule has 0 saturated carbocycles. The van der Waals surface area contributed by atoms with Gasteiger partial charge in [0.1, 0.15) is 20.7 Å². The largest absolute Gasteiger partial charge is 0.465 e. The van der Waals surface area contributed by atoms with Gasteiger partial charge in [0.15, 0.2) is 0 Å². The fourth-order valence-corrected chi connectivity index (χ4v) is 2.61. The molecular formula is C17H20NO3P. The first-order valence-electron chi connectivity index (χ1n) is 7.22. The number of carbonyl (C=O) groups is 1. The molecule has 0 bridgehead atoms. The van der Waals surface area contributed by atoms with Crippen molar-refractivity contribution < 1.29 is 14.1 Å². The van der Waals surface area contributed by atoms with E-state index in [1.54, 1.807) is 6.92 Å². The third kappa shape index (κ3) is 5.47. The molecule has 0 saturated heterocycles. The second kappa shape index (κ2) is 9.19. The fourth-order valence-electron chi connectivity index (χ4n) is 1.93. The molecule has 1 N–H and O–H groups in total. The molecule has 0 aromatic heterocycles. The van der Waals surface area contributed by atoms with Gasteiger partial charge >= 0.3 is 5.97 Å². The van der Waals surface area contributed by atoms with Crippen LogP contribution in [0.3, 0.4) is 0 Å². The third-order valence-corrected chi connectivity index (χ3v) is 3.80. The highest BCUT2D eigenvalue weighted by molar-refractivity contribution is 7.30. The zero-order chi connectivity index (χ0) is 15.6. The Hall–Kier alpha value is -1.90. The number of benzene rings is 2. The zero-order valence-corrected chi connectivity index (χ0v) is 13.5. The van der Waals surface area contributed by atoms with Crippen molar-refractivity contribution in [3.05, 3.63) is 66.2 Å². The lowest BCUT2D eigenvalue weighted by molar-refractivity contribution is -0.145. The highest BCUT2D eigenvalue weighted by atomic mass is 31.1. The summed E-state index contributed by atoms with van der Waals surface area (Å²) >= 11 is 0. The maximum absolute atomic E-state index is 12.1. The van der Waals surface area contributed by atoms with Gasteiger partial charge in [0.05, 0.1) is 6.61 Å². The number of hydrogen-bond donors (Lipinski definition) is 1. The number of hydrogen-bond acceptors (Lipinski definition) is 4. The Morgan fingerprint density at radius 1 is 1.09 bits per heavy atom. The van der Waals surface area contributed by atoms with E-state index in [9.17, 15) is 4.79 Å². The minimum atomic E-state index is -0.413. The van der Waals surface area contributed by atoms with Crippen LogP contribution in [0.2, 0.25) is 0 Å². The molecule has 22 heavy (non-hydrogen) atoms. The molecule has 5 heteroatoms. The second-order valence-electron chi connectivity index (χ2n) is 4.66. The van der Waals surface area contributed by atoms with Crippen LogP contribution in [0.1, 0.15) is 12.5 Å². The second-order valence-corrected chi connectivity index (χ2v) is 5.35. The Kier molecular flexibility index (Phi) is 6.88. The van der Waals surface area contributed by atoms with Crippen molar-refractivity contribution in [2.45, 2.75) is 19.4 Å². The lowest BCUT2D eigenvalue weighted by Gasteiger charge is -2.17. The third-order valence-electron chi connectivity index (χ3n) is 3.00. The standard InChI is InChI=1S/C17H20NO3P/c1-2-20-17(19)16(13-14-9-5-3-6-10-14)18-22-21-15-11-7-4-8-12-15/h3-12,16,18,22H,2,13H2,1H3/t16-/m0/s1. The zero-order valence-electron chi connectivity index (χ0n) is 12.5. The number of para-hydroxylation sites is 1. The van der Waals surface area contributed by atoms with Gasteiger partial charge in [-0.1, -0.05) is 48.5 Å². The lowest BCUT2D eigenvalue weighted by Crippen LogP contribution is -2.35. The summed E-state index contributed by atoms with van der Waals surface area (Å²) < 4.78 is 10.7. The van der Waals surface area contributed by atoms with E-state index in [4.69, 9.17) is 9.26 Å². The summed E-state index contributed by atoms with van der Waals surface area (Å²) in [6.45, 7) is 2.18. The Labute approximate surface area is 132 Å². The van der Waals surface area contributed by atoms with E-state index < -0.39 is 6.04 Å². The predicted octanol–water partition coefficient (Wildman–Crippen LogP) is 3.34. The van der Waals surface area contributed by atoms with E-state index in [0.29, 0.717) is 13.0 Å². The maximum atomic E-state index is 12.1. The number of ether oxygens (including phenoxy) is 1. The van der Waals surface area contributed by atoms with E-state index in [-0.39, 0.29) is 14.9 Å². The van der Waals surface area contributed by atoms with Gasteiger partial charge in [-0.25, -0.2) is 0 Å². The van der Waals surface area contributed by atoms with Crippen LogP contribution in [0.15, 0.2) is 60.7 Å². The summed E-state index contributed by atoms with van der Waals surface area (Å²) in [4.78, 5) is 12.1. The summed E-state index contributed by atoms with van der Waals surface area (Å²) in [6.07, 6.45) is 0.574. The number of carbonyl (C=O) groups excluding carboxylic acids is 1. The molecule has 0 aliphatic heterocycles. The minimum absolute atomic E-state index is 0.0119. The van der Waals surface area contributed by atoms with Crippen molar-refractivity contribution in [1.29, 1.82) is 0 Å². The smallest absolute Gasteiger partial charge is 0.323 e. The molecule has 0 aliphatic carbocycles. The molecule has 2 aromatic carbocycles. The maximum Gasteiger partial charge on any atom is 0.323 e. The van der Waals surface area contributed by atoms with Crippen LogP contribution in [0, 0.1) is 0 Å². The first-order valence-corrected chi connectivity index (χ1v) is 8.13. The Morgan fingerprint density at radius 2 is 1.73 bits per heavy atom. The molecule has 0 fully saturated rings. The molecule has 0 aliphatic rings. The van der Waals surface area contributed by atoms with E-state index in [0.717, 1.165) is 11.3 Å². The van der Waals surface area contributed by atoms with Gasteiger partial charge in [0, 0.05) is 0 Å². The molecule has 0 spiro atoms. The summed E-state index contributed by atoms with van der Waals surface area (Å²) in [7, 11) is -0.0119. The molecule has 0 amide bonds. The van der Waals surface area contributed by atoms with Gasteiger partial charge in [0.2, 0.25) is 0 Å². The van der Waals surface area contributed by atoms with Crippen LogP contribution >= 0.6 is 8.96 Å². The summed E-state index contributed by atoms with van der Waals surface area (Å²) in [5, 5.41) is 3.13. The number of rotatable bonds is 8. The topological polar surface area (TPSA) is 47.6 Å². The highest BCUT2D eigenvalue weighted by Crippen LogP contribution is 2.18. The molecular weight excluding hydrogens is 297 g/mol. The van der Waals surface area contributed by atoms with Crippen LogP contribution in [0.25, 0.3) is 0 Å². The molecule has 4 nitrogen and oxygen atoms in total. The SMILES string of the molecule is CCOC(=O)[C@H](Cc1ccccc1)NPOc1ccccc1. The predicted molar refractivity (Wildman–Crippen MR) is 89.1 cm³/mol. The van der Waals surface area contributed by atoms with Gasteiger partial charge < -0.3 is 9.26 Å². The van der Waals surface area contributed by atoms with E-state index in [1.807, 2.05) is 60.7 Å². The summed E-state index contributed by atoms with van der Waals surface area (Å²) in [5.74, 6) is 0.520. The van der Waals surface area contributed by atoms with Gasteiger partial charge in [-0.05, 0) is 31.0 Å². The van der Waals surface area contributed by atoms with E-state index in [2.05, 4.69) is 5.09 Å². The van der Waals surface area contributed by atoms with Crippen molar-refractivity contribution in [1.82, 2.24) is 5.09 Å². The van der Waals surface area contributed by atoms with Gasteiger partial charge in [-0.3, -0.25) is 9.88 Å². The van der Waals surface area contributed by atoms with Crippen molar-refractivity contribution >= 4 is 14.9 Å². The normalized spacial score (nSPS) is 12.2. The van der Waals surface area contributed by atoms with E-state index >= 15 is 0 Å². The minimum Gasteiger partial charge on any atom is -0.465 e. The fraction of sp³-hybridized carbons (Fsp3) is 0.235. The number of esters is 1. The average molecular weight is 317 g/mol. The van der Waals surface area contributed by atoms with Crippen molar-refractivity contribution in [3.63, 3.8) is 0 Å². The first-order chi connectivity index (χ1) is 10.8. The van der Waals surface area contributed by atoms with Crippen LogP contribution in [-0.4, -0.2) is 18.6 Å². The summed E-state index contributed by atoms with van der Waals surface area (Å²) in [5.41, 5.74) is 1.08. The van der Waals surface area contributed by atoms with Crippen LogP contribution in [-0.2, 0) is 16.0 Å². The number of nitrogens with one attached hydrogen (secondary N) is 1. The average Bonchev–Trinajstić information content (AvgIpc) is 2.56. The van der Waals surface area contributed by atoms with Crippen molar-refractivity contribution in [2.75, 3.05) is 6.61 Å². The van der Waals surface area contributed by atoms with E-state index in [1.165, 1.54) is 0 Å². The van der Waals surface area contributed by atoms with Crippen LogP contribution in [0.5, 0.6) is 5.75 Å². The Balaban J connectivity index is 1.91. The van der Waals surface area contributed by atoms with Crippen LogP contribution < -0.4 is 9.61 Å². The van der Waals surface area contributed by atoms with Crippen molar-refractivity contribution in [2.24, 2.45) is 0 Å². The van der Waals surface area contributed by atoms with Crippen molar-refractivity contribution in [3.8, 4) is 5.75 Å². The highest BCUT2D eigenvalue weighted by Gasteiger charge is 2.20. The molecule has 116 valence electrons. The molecule has 2 rings (SSSR count). The van der Waals surface area contributed by atoms with Crippen LogP contribution in [0.4, 0.5) is 0 Å². The lowest BCUT2D eigenvalue weighted by atomic mass is 10.1. The molecule has 2 aromatic rings. The molecule has 0 heterocycles. The van der Waals surface area contributed by atoms with Gasteiger partial charge in [0.25, 0.3) is 0 Å². The molecule has 2 atom stereocenters. The van der Waals surface area contributed by atoms with Gasteiger partial charge in [-0.2, -0.15) is 0 Å². The summed E-state index contributed by atoms with van der Waals surface area (Å²) in [6, 6.07) is 19.0. The molecule has 1 unspecified atom stereocenters.